The SMILES string of the molecule is O=C1Nc2c(O)cccc2S(=O)(=O)CC12CCCCC2. The molecule has 1 aliphatic heterocycles. The van der Waals surface area contributed by atoms with Gasteiger partial charge < -0.3 is 10.4 Å². The average Bonchev–Trinajstić information content (AvgIpc) is 2.48. The number of para-hydroxylation sites is 1. The molecular formula is C14H17NO4S. The van der Waals surface area contributed by atoms with Crippen LogP contribution in [0.25, 0.3) is 0 Å². The van der Waals surface area contributed by atoms with Crippen LogP contribution in [0, 0.1) is 5.41 Å². The van der Waals surface area contributed by atoms with E-state index in [1.54, 1.807) is 0 Å². The smallest absolute Gasteiger partial charge is 0.231 e. The predicted octanol–water partition coefficient (Wildman–Crippen LogP) is 2.07. The van der Waals surface area contributed by atoms with Crippen LogP contribution < -0.4 is 5.32 Å². The van der Waals surface area contributed by atoms with Gasteiger partial charge in [-0.25, -0.2) is 8.42 Å². The fraction of sp³-hybridized carbons (Fsp3) is 0.500. The van der Waals surface area contributed by atoms with Crippen LogP contribution in [0.15, 0.2) is 23.1 Å². The lowest BCUT2D eigenvalue weighted by molar-refractivity contribution is -0.126. The third-order valence-electron chi connectivity index (χ3n) is 4.34. The number of amides is 1. The molecule has 1 fully saturated rings. The van der Waals surface area contributed by atoms with Gasteiger partial charge in [0, 0.05) is 0 Å². The molecule has 0 unspecified atom stereocenters. The molecule has 0 radical (unpaired) electrons. The lowest BCUT2D eigenvalue weighted by Crippen LogP contribution is -2.41. The molecule has 6 heteroatoms. The number of hydrogen-bond donors (Lipinski definition) is 2. The summed E-state index contributed by atoms with van der Waals surface area (Å²) in [5.74, 6) is -0.643. The van der Waals surface area contributed by atoms with Gasteiger partial charge in [0.25, 0.3) is 0 Å². The number of rotatable bonds is 0. The van der Waals surface area contributed by atoms with E-state index in [4.69, 9.17) is 0 Å². The third-order valence-corrected chi connectivity index (χ3v) is 6.28. The molecule has 20 heavy (non-hydrogen) atoms. The summed E-state index contributed by atoms with van der Waals surface area (Å²) in [6.45, 7) is 0. The molecule has 1 saturated carbocycles. The van der Waals surface area contributed by atoms with Crippen LogP contribution in [0.3, 0.4) is 0 Å². The van der Waals surface area contributed by atoms with Gasteiger partial charge in [-0.3, -0.25) is 4.79 Å². The molecule has 1 heterocycles. The molecule has 1 amide bonds. The maximum atomic E-state index is 12.6. The molecule has 1 spiro atoms. The second kappa shape index (κ2) is 4.48. The summed E-state index contributed by atoms with van der Waals surface area (Å²) in [4.78, 5) is 12.5. The van der Waals surface area contributed by atoms with E-state index in [9.17, 15) is 18.3 Å². The van der Waals surface area contributed by atoms with Gasteiger partial charge in [0.1, 0.15) is 11.4 Å². The van der Waals surface area contributed by atoms with E-state index in [0.717, 1.165) is 19.3 Å². The van der Waals surface area contributed by atoms with Crippen molar-refractivity contribution in [3.05, 3.63) is 18.2 Å². The molecule has 3 rings (SSSR count). The van der Waals surface area contributed by atoms with Gasteiger partial charge in [-0.1, -0.05) is 25.3 Å². The zero-order valence-electron chi connectivity index (χ0n) is 11.1. The van der Waals surface area contributed by atoms with Crippen LogP contribution in [0.5, 0.6) is 5.75 Å². The van der Waals surface area contributed by atoms with Crippen molar-refractivity contribution >= 4 is 21.4 Å². The van der Waals surface area contributed by atoms with Crippen LogP contribution in [-0.4, -0.2) is 25.2 Å². The van der Waals surface area contributed by atoms with E-state index in [2.05, 4.69) is 5.32 Å². The van der Waals surface area contributed by atoms with Crippen molar-refractivity contribution in [1.82, 2.24) is 0 Å². The number of phenols is 1. The van der Waals surface area contributed by atoms with Crippen LogP contribution in [0.2, 0.25) is 0 Å². The third kappa shape index (κ3) is 1.98. The summed E-state index contributed by atoms with van der Waals surface area (Å²) < 4.78 is 25.1. The largest absolute Gasteiger partial charge is 0.506 e. The van der Waals surface area contributed by atoms with Gasteiger partial charge in [-0.2, -0.15) is 0 Å². The Labute approximate surface area is 117 Å². The fourth-order valence-corrected chi connectivity index (χ4v) is 5.31. The first-order valence-corrected chi connectivity index (χ1v) is 8.46. The lowest BCUT2D eigenvalue weighted by Gasteiger charge is -2.33. The highest BCUT2D eigenvalue weighted by atomic mass is 32.2. The van der Waals surface area contributed by atoms with Crippen LogP contribution in [-0.2, 0) is 14.6 Å². The summed E-state index contributed by atoms with van der Waals surface area (Å²) in [7, 11) is -3.59. The Morgan fingerprint density at radius 3 is 2.55 bits per heavy atom. The summed E-state index contributed by atoms with van der Waals surface area (Å²) in [5.41, 5.74) is -0.817. The van der Waals surface area contributed by atoms with Crippen molar-refractivity contribution in [2.75, 3.05) is 11.1 Å². The van der Waals surface area contributed by atoms with Gasteiger partial charge in [0.15, 0.2) is 9.84 Å². The van der Waals surface area contributed by atoms with Crippen molar-refractivity contribution < 1.29 is 18.3 Å². The molecule has 0 aromatic heterocycles. The minimum absolute atomic E-state index is 0.0216. The Bertz CT molecular complexity index is 660. The van der Waals surface area contributed by atoms with Gasteiger partial charge in [-0.15, -0.1) is 0 Å². The van der Waals surface area contributed by atoms with Crippen LogP contribution >= 0.6 is 0 Å². The van der Waals surface area contributed by atoms with Gasteiger partial charge in [-0.05, 0) is 25.0 Å². The molecule has 2 N–H and O–H groups in total. The summed E-state index contributed by atoms with van der Waals surface area (Å²) >= 11 is 0. The normalized spacial score (nSPS) is 23.7. The molecule has 1 aromatic carbocycles. The molecule has 5 nitrogen and oxygen atoms in total. The summed E-state index contributed by atoms with van der Waals surface area (Å²) in [5, 5.41) is 12.5. The standard InChI is InChI=1S/C14H17NO4S/c16-10-5-4-6-11-12(10)15-13(17)14(9-20(11,18)19)7-2-1-3-8-14/h4-6,16H,1-3,7-9H2,(H,15,17). The second-order valence-electron chi connectivity index (χ2n) is 5.70. The minimum atomic E-state index is -3.59. The van der Waals surface area contributed by atoms with E-state index >= 15 is 0 Å². The Morgan fingerprint density at radius 1 is 1.15 bits per heavy atom. The number of aromatic hydroxyl groups is 1. The van der Waals surface area contributed by atoms with Crippen molar-refractivity contribution in [1.29, 1.82) is 0 Å². The number of fused-ring (bicyclic) bond motifs is 1. The number of benzene rings is 1. The molecule has 1 aliphatic carbocycles. The fourth-order valence-electron chi connectivity index (χ4n) is 3.26. The van der Waals surface area contributed by atoms with Gasteiger partial charge in [0.2, 0.25) is 5.91 Å². The van der Waals surface area contributed by atoms with E-state index in [1.165, 1.54) is 18.2 Å². The lowest BCUT2D eigenvalue weighted by atomic mass is 9.75. The van der Waals surface area contributed by atoms with Gasteiger partial charge in [0.05, 0.1) is 16.1 Å². The number of nitrogens with one attached hydrogen (secondary N) is 1. The number of anilines is 1. The first-order valence-electron chi connectivity index (χ1n) is 6.81. The molecule has 108 valence electrons. The maximum Gasteiger partial charge on any atom is 0.231 e. The second-order valence-corrected chi connectivity index (χ2v) is 7.66. The van der Waals surface area contributed by atoms with Crippen LogP contribution in [0.1, 0.15) is 32.1 Å². The first kappa shape index (κ1) is 13.4. The Hall–Kier alpha value is -1.56. The molecule has 0 bridgehead atoms. The van der Waals surface area contributed by atoms with Crippen molar-refractivity contribution in [3.8, 4) is 5.75 Å². The minimum Gasteiger partial charge on any atom is -0.506 e. The number of phenolic OH excluding ortho intramolecular Hbond substituents is 1. The van der Waals surface area contributed by atoms with Crippen LogP contribution in [0.4, 0.5) is 5.69 Å². The highest BCUT2D eigenvalue weighted by Crippen LogP contribution is 2.44. The van der Waals surface area contributed by atoms with Crippen molar-refractivity contribution in [3.63, 3.8) is 0 Å². The highest BCUT2D eigenvalue weighted by Gasteiger charge is 2.46. The topological polar surface area (TPSA) is 83.5 Å². The zero-order valence-corrected chi connectivity index (χ0v) is 11.9. The average molecular weight is 295 g/mol. The molecule has 0 atom stereocenters. The van der Waals surface area contributed by atoms with Gasteiger partial charge >= 0.3 is 0 Å². The monoisotopic (exact) mass is 295 g/mol. The number of carbonyl (C=O) groups excluding carboxylic acids is 1. The van der Waals surface area contributed by atoms with E-state index in [0.29, 0.717) is 12.8 Å². The Morgan fingerprint density at radius 2 is 1.85 bits per heavy atom. The molecule has 0 saturated heterocycles. The Balaban J connectivity index is 2.15. The van der Waals surface area contributed by atoms with Crippen molar-refractivity contribution in [2.45, 2.75) is 37.0 Å². The molecule has 1 aromatic rings. The quantitative estimate of drug-likeness (QED) is 0.718. The predicted molar refractivity (Wildman–Crippen MR) is 74.3 cm³/mol. The number of hydrogen-bond acceptors (Lipinski definition) is 4. The van der Waals surface area contributed by atoms with E-state index < -0.39 is 15.3 Å². The first-order chi connectivity index (χ1) is 9.45. The maximum absolute atomic E-state index is 12.6. The zero-order chi connectivity index (χ0) is 14.4. The summed E-state index contributed by atoms with van der Waals surface area (Å²) in [6.07, 6.45) is 3.95. The highest BCUT2D eigenvalue weighted by molar-refractivity contribution is 7.91. The molecular weight excluding hydrogens is 278 g/mol. The van der Waals surface area contributed by atoms with E-state index in [1.807, 2.05) is 0 Å². The number of carbonyl (C=O) groups is 1. The number of sulfone groups is 1. The molecule has 2 aliphatic rings. The van der Waals surface area contributed by atoms with Crippen molar-refractivity contribution in [2.24, 2.45) is 5.41 Å². The van der Waals surface area contributed by atoms with E-state index in [-0.39, 0.29) is 28.0 Å². The Kier molecular flexibility index (Phi) is 3.01. The summed E-state index contributed by atoms with van der Waals surface area (Å²) in [6, 6.07) is 4.30.